The molecule has 0 atom stereocenters. The van der Waals surface area contributed by atoms with Gasteiger partial charge in [0.1, 0.15) is 5.82 Å². The first-order chi connectivity index (χ1) is 7.17. The zero-order chi connectivity index (χ0) is 11.3. The summed E-state index contributed by atoms with van der Waals surface area (Å²) >= 11 is 0. The maximum atomic E-state index is 13.2. The molecule has 0 amide bonds. The summed E-state index contributed by atoms with van der Waals surface area (Å²) in [6.07, 6.45) is 0. The van der Waals surface area contributed by atoms with Gasteiger partial charge in [-0.3, -0.25) is 0 Å². The van der Waals surface area contributed by atoms with E-state index in [9.17, 15) is 4.39 Å². The lowest BCUT2D eigenvalue weighted by molar-refractivity contribution is 0.277. The minimum absolute atomic E-state index is 0.239. The lowest BCUT2D eigenvalue weighted by Gasteiger charge is -2.16. The van der Waals surface area contributed by atoms with E-state index in [-0.39, 0.29) is 5.82 Å². The summed E-state index contributed by atoms with van der Waals surface area (Å²) in [5.74, 6) is -0.239. The van der Waals surface area contributed by atoms with Gasteiger partial charge in [0.2, 0.25) is 8.38 Å². The van der Waals surface area contributed by atoms with Gasteiger partial charge in [-0.1, -0.05) is 0 Å². The van der Waals surface area contributed by atoms with Crippen molar-refractivity contribution in [3.05, 3.63) is 29.6 Å². The molecule has 0 fully saturated rings. The van der Waals surface area contributed by atoms with Gasteiger partial charge in [-0.25, -0.2) is 4.39 Å². The van der Waals surface area contributed by atoms with Crippen LogP contribution in [0.25, 0.3) is 0 Å². The second kappa shape index (κ2) is 6.16. The van der Waals surface area contributed by atoms with Crippen molar-refractivity contribution >= 4 is 13.7 Å². The van der Waals surface area contributed by atoms with Crippen molar-refractivity contribution in [1.29, 1.82) is 0 Å². The maximum Gasteiger partial charge on any atom is 0.205 e. The summed E-state index contributed by atoms with van der Waals surface area (Å²) in [7, 11) is -1.13. The zero-order valence-corrected chi connectivity index (χ0v) is 10.2. The van der Waals surface area contributed by atoms with Gasteiger partial charge in [0, 0.05) is 5.30 Å². The van der Waals surface area contributed by atoms with Crippen LogP contribution < -0.4 is 5.30 Å². The first kappa shape index (κ1) is 12.6. The van der Waals surface area contributed by atoms with Gasteiger partial charge in [-0.15, -0.1) is 0 Å². The Hall–Kier alpha value is -0.500. The summed E-state index contributed by atoms with van der Waals surface area (Å²) in [5, 5.41) is 0.797. The first-order valence-corrected chi connectivity index (χ1v) is 6.18. The van der Waals surface area contributed by atoms with E-state index in [1.54, 1.807) is 0 Å². The monoisotopic (exact) mass is 230 g/mol. The van der Waals surface area contributed by atoms with Crippen molar-refractivity contribution in [2.45, 2.75) is 20.8 Å². The quantitative estimate of drug-likeness (QED) is 0.723. The van der Waals surface area contributed by atoms with E-state index in [0.29, 0.717) is 13.2 Å². The van der Waals surface area contributed by atoms with Gasteiger partial charge in [-0.2, -0.15) is 0 Å². The largest absolute Gasteiger partial charge is 0.331 e. The van der Waals surface area contributed by atoms with Crippen molar-refractivity contribution in [1.82, 2.24) is 0 Å². The Morgan fingerprint density at radius 2 is 1.73 bits per heavy atom. The first-order valence-electron chi connectivity index (χ1n) is 5.00. The molecule has 0 spiro atoms. The zero-order valence-electron chi connectivity index (χ0n) is 9.29. The summed E-state index contributed by atoms with van der Waals surface area (Å²) in [6, 6.07) is 4.87. The van der Waals surface area contributed by atoms with Gasteiger partial charge in [0.25, 0.3) is 0 Å². The SMILES string of the molecule is CCOP(OCC)c1cc(C)cc(F)c1. The molecule has 0 aliphatic carbocycles. The number of benzene rings is 1. The molecule has 0 bridgehead atoms. The van der Waals surface area contributed by atoms with E-state index < -0.39 is 8.38 Å². The molecule has 0 N–H and O–H groups in total. The molecule has 1 rings (SSSR count). The minimum atomic E-state index is -1.13. The predicted octanol–water partition coefficient (Wildman–Crippen LogP) is 3.14. The molecule has 1 aromatic rings. The Bertz CT molecular complexity index is 291. The van der Waals surface area contributed by atoms with Gasteiger partial charge in [-0.05, 0) is 44.5 Å². The fourth-order valence-corrected chi connectivity index (χ4v) is 2.62. The number of hydrogen-bond donors (Lipinski definition) is 0. The Morgan fingerprint density at radius 3 is 2.20 bits per heavy atom. The standard InChI is InChI=1S/C11H16FO2P/c1-4-13-15(14-5-2)11-7-9(3)6-10(12)8-11/h6-8H,4-5H2,1-3H3. The van der Waals surface area contributed by atoms with Gasteiger partial charge in [0.15, 0.2) is 0 Å². The molecule has 84 valence electrons. The average molecular weight is 230 g/mol. The van der Waals surface area contributed by atoms with Crippen LogP contribution in [0.5, 0.6) is 0 Å². The molecule has 1 aromatic carbocycles. The number of hydrogen-bond acceptors (Lipinski definition) is 2. The van der Waals surface area contributed by atoms with Crippen LogP contribution in [0.3, 0.4) is 0 Å². The molecule has 0 heterocycles. The molecule has 0 saturated heterocycles. The number of rotatable bonds is 5. The Kier molecular flexibility index (Phi) is 5.16. The van der Waals surface area contributed by atoms with Crippen LogP contribution in [0.15, 0.2) is 18.2 Å². The third-order valence-electron chi connectivity index (χ3n) is 1.73. The van der Waals surface area contributed by atoms with E-state index in [1.807, 2.05) is 26.8 Å². The van der Waals surface area contributed by atoms with E-state index in [0.717, 1.165) is 10.9 Å². The highest BCUT2D eigenvalue weighted by Gasteiger charge is 2.13. The van der Waals surface area contributed by atoms with E-state index in [4.69, 9.17) is 9.05 Å². The second-order valence-electron chi connectivity index (χ2n) is 3.08. The molecule has 0 saturated carbocycles. The maximum absolute atomic E-state index is 13.2. The highest BCUT2D eigenvalue weighted by Crippen LogP contribution is 2.37. The highest BCUT2D eigenvalue weighted by molar-refractivity contribution is 7.56. The molecule has 0 aromatic heterocycles. The minimum Gasteiger partial charge on any atom is -0.331 e. The average Bonchev–Trinajstić information content (AvgIpc) is 2.16. The van der Waals surface area contributed by atoms with Crippen LogP contribution in [-0.4, -0.2) is 13.2 Å². The molecule has 0 aliphatic heterocycles. The molecule has 15 heavy (non-hydrogen) atoms. The molecule has 0 aliphatic rings. The molecular formula is C11H16FO2P. The van der Waals surface area contributed by atoms with Gasteiger partial charge >= 0.3 is 0 Å². The van der Waals surface area contributed by atoms with Crippen LogP contribution in [-0.2, 0) is 9.05 Å². The second-order valence-corrected chi connectivity index (χ2v) is 4.63. The van der Waals surface area contributed by atoms with Gasteiger partial charge in [0.05, 0.1) is 13.2 Å². The fraction of sp³-hybridized carbons (Fsp3) is 0.455. The van der Waals surface area contributed by atoms with Crippen molar-refractivity contribution in [3.63, 3.8) is 0 Å². The third-order valence-corrected chi connectivity index (χ3v) is 3.40. The smallest absolute Gasteiger partial charge is 0.205 e. The highest BCUT2D eigenvalue weighted by atomic mass is 31.2. The van der Waals surface area contributed by atoms with Crippen LogP contribution in [0.2, 0.25) is 0 Å². The van der Waals surface area contributed by atoms with E-state index in [2.05, 4.69) is 0 Å². The van der Waals surface area contributed by atoms with Crippen LogP contribution in [0, 0.1) is 12.7 Å². The lowest BCUT2D eigenvalue weighted by atomic mass is 10.2. The Balaban J connectivity index is 2.88. The van der Waals surface area contributed by atoms with E-state index >= 15 is 0 Å². The summed E-state index contributed by atoms with van der Waals surface area (Å²) in [6.45, 7) is 6.81. The van der Waals surface area contributed by atoms with Crippen molar-refractivity contribution in [2.75, 3.05) is 13.2 Å². The Labute approximate surface area is 91.3 Å². The molecule has 4 heteroatoms. The summed E-state index contributed by atoms with van der Waals surface area (Å²) in [5.41, 5.74) is 0.886. The molecular weight excluding hydrogens is 214 g/mol. The van der Waals surface area contributed by atoms with Crippen molar-refractivity contribution in [2.24, 2.45) is 0 Å². The van der Waals surface area contributed by atoms with Crippen LogP contribution >= 0.6 is 8.38 Å². The van der Waals surface area contributed by atoms with Crippen molar-refractivity contribution < 1.29 is 13.4 Å². The van der Waals surface area contributed by atoms with Gasteiger partial charge < -0.3 is 9.05 Å². The molecule has 0 radical (unpaired) electrons. The topological polar surface area (TPSA) is 18.5 Å². The summed E-state index contributed by atoms with van der Waals surface area (Å²) in [4.78, 5) is 0. The van der Waals surface area contributed by atoms with Crippen LogP contribution in [0.4, 0.5) is 4.39 Å². The van der Waals surface area contributed by atoms with E-state index in [1.165, 1.54) is 12.1 Å². The van der Waals surface area contributed by atoms with Crippen molar-refractivity contribution in [3.8, 4) is 0 Å². The lowest BCUT2D eigenvalue weighted by Crippen LogP contribution is -2.07. The Morgan fingerprint density at radius 1 is 1.13 bits per heavy atom. The molecule has 2 nitrogen and oxygen atoms in total. The predicted molar refractivity (Wildman–Crippen MR) is 60.9 cm³/mol. The normalized spacial score (nSPS) is 11.0. The summed E-state index contributed by atoms with van der Waals surface area (Å²) < 4.78 is 24.1. The third kappa shape index (κ3) is 3.86. The van der Waals surface area contributed by atoms with Crippen LogP contribution in [0.1, 0.15) is 19.4 Å². The molecule has 0 unspecified atom stereocenters. The fourth-order valence-electron chi connectivity index (χ4n) is 1.24. The number of halogens is 1. The number of aryl methyl sites for hydroxylation is 1.